The molecule has 1 aliphatic heterocycles. The zero-order valence-electron chi connectivity index (χ0n) is 15.7. The van der Waals surface area contributed by atoms with Gasteiger partial charge < -0.3 is 0 Å². The van der Waals surface area contributed by atoms with Crippen LogP contribution in [0, 0.1) is 6.92 Å². The molecule has 3 aromatic heterocycles. The Morgan fingerprint density at radius 3 is 2.65 bits per heavy atom. The van der Waals surface area contributed by atoms with Crippen molar-refractivity contribution in [3.05, 3.63) is 57.2 Å². The van der Waals surface area contributed by atoms with Gasteiger partial charge in [0.05, 0.1) is 11.3 Å². The Balaban J connectivity index is 1.66. The van der Waals surface area contributed by atoms with Gasteiger partial charge in [0.2, 0.25) is 0 Å². The number of hydrogen-bond donors (Lipinski definition) is 1. The zero-order valence-corrected chi connectivity index (χ0v) is 15.7. The van der Waals surface area contributed by atoms with Gasteiger partial charge in [-0.3, -0.25) is 14.8 Å². The van der Waals surface area contributed by atoms with Gasteiger partial charge in [-0.15, -0.1) is 0 Å². The molecule has 0 aliphatic carbocycles. The minimum absolute atomic E-state index is 0.00496. The quantitative estimate of drug-likeness (QED) is 0.763. The van der Waals surface area contributed by atoms with E-state index in [0.717, 1.165) is 47.8 Å². The first kappa shape index (κ1) is 16.9. The average molecular weight is 352 g/mol. The van der Waals surface area contributed by atoms with Crippen LogP contribution in [0.5, 0.6) is 0 Å². The van der Waals surface area contributed by atoms with Gasteiger partial charge in [-0.05, 0) is 6.92 Å². The molecule has 26 heavy (non-hydrogen) atoms. The fraction of sp³-hybridized carbons (Fsp3) is 0.474. The molecule has 136 valence electrons. The van der Waals surface area contributed by atoms with Gasteiger partial charge in [-0.25, -0.2) is 19.5 Å². The molecule has 4 rings (SSSR count). The van der Waals surface area contributed by atoms with Gasteiger partial charge in [-0.1, -0.05) is 20.8 Å². The monoisotopic (exact) mass is 352 g/mol. The molecule has 1 N–H and O–H groups in total. The lowest BCUT2D eigenvalue weighted by Crippen LogP contribution is -2.36. The molecule has 0 unspecified atom stereocenters. The molecule has 0 saturated carbocycles. The van der Waals surface area contributed by atoms with E-state index in [1.54, 1.807) is 4.52 Å². The second-order valence-corrected chi connectivity index (χ2v) is 8.05. The van der Waals surface area contributed by atoms with Crippen LogP contribution in [0.1, 0.15) is 49.1 Å². The second-order valence-electron chi connectivity index (χ2n) is 8.05. The molecule has 0 radical (unpaired) electrons. The van der Waals surface area contributed by atoms with E-state index >= 15 is 0 Å². The maximum Gasteiger partial charge on any atom is 0.277 e. The summed E-state index contributed by atoms with van der Waals surface area (Å²) < 4.78 is 1.58. The highest BCUT2D eigenvalue weighted by atomic mass is 16.1. The topological polar surface area (TPSA) is 79.2 Å². The van der Waals surface area contributed by atoms with Gasteiger partial charge in [-0.2, -0.15) is 0 Å². The Hall–Kier alpha value is -2.54. The van der Waals surface area contributed by atoms with Crippen molar-refractivity contribution in [2.24, 2.45) is 0 Å². The molecule has 7 nitrogen and oxygen atoms in total. The second kappa shape index (κ2) is 6.02. The van der Waals surface area contributed by atoms with E-state index in [2.05, 4.69) is 40.7 Å². The number of aromatic amines is 1. The van der Waals surface area contributed by atoms with E-state index in [4.69, 9.17) is 4.98 Å². The van der Waals surface area contributed by atoms with Crippen molar-refractivity contribution in [2.45, 2.75) is 52.6 Å². The Morgan fingerprint density at radius 1 is 1.23 bits per heavy atom. The fourth-order valence-corrected chi connectivity index (χ4v) is 3.32. The lowest BCUT2D eigenvalue weighted by molar-refractivity contribution is 0.241. The Labute approximate surface area is 152 Å². The van der Waals surface area contributed by atoms with Crippen molar-refractivity contribution in [3.8, 4) is 0 Å². The van der Waals surface area contributed by atoms with E-state index in [1.165, 1.54) is 0 Å². The average Bonchev–Trinajstić information content (AvgIpc) is 3.02. The highest BCUT2D eigenvalue weighted by Gasteiger charge is 2.24. The SMILES string of the molecule is Cc1ncc(CN2CCc3nc4cc(C(C)(C)C)[nH]n4c(=O)c3C2)cn1. The smallest absolute Gasteiger partial charge is 0.277 e. The summed E-state index contributed by atoms with van der Waals surface area (Å²) in [7, 11) is 0. The Morgan fingerprint density at radius 2 is 1.96 bits per heavy atom. The van der Waals surface area contributed by atoms with Crippen LogP contribution < -0.4 is 5.56 Å². The zero-order chi connectivity index (χ0) is 18.5. The van der Waals surface area contributed by atoms with Gasteiger partial charge in [0, 0.05) is 61.2 Å². The highest BCUT2D eigenvalue weighted by Crippen LogP contribution is 2.22. The number of rotatable bonds is 2. The molecule has 0 fully saturated rings. The van der Waals surface area contributed by atoms with Crippen LogP contribution in [0.3, 0.4) is 0 Å². The first-order valence-corrected chi connectivity index (χ1v) is 8.95. The van der Waals surface area contributed by atoms with E-state index < -0.39 is 0 Å². The molecular weight excluding hydrogens is 328 g/mol. The fourth-order valence-electron chi connectivity index (χ4n) is 3.32. The van der Waals surface area contributed by atoms with Gasteiger partial charge in [0.1, 0.15) is 5.82 Å². The van der Waals surface area contributed by atoms with Crippen molar-refractivity contribution in [2.75, 3.05) is 6.54 Å². The largest absolute Gasteiger partial charge is 0.294 e. The van der Waals surface area contributed by atoms with Gasteiger partial charge >= 0.3 is 0 Å². The van der Waals surface area contributed by atoms with Crippen LogP contribution in [0.25, 0.3) is 5.65 Å². The van der Waals surface area contributed by atoms with E-state index in [9.17, 15) is 4.79 Å². The molecule has 0 bridgehead atoms. The van der Waals surface area contributed by atoms with E-state index in [-0.39, 0.29) is 11.0 Å². The summed E-state index contributed by atoms with van der Waals surface area (Å²) in [5.74, 6) is 0.768. The minimum Gasteiger partial charge on any atom is -0.294 e. The van der Waals surface area contributed by atoms with E-state index in [0.29, 0.717) is 12.2 Å². The third kappa shape index (κ3) is 3.03. The number of fused-ring (bicyclic) bond motifs is 2. The number of H-pyrrole nitrogens is 1. The Kier molecular flexibility index (Phi) is 3.91. The summed E-state index contributed by atoms with van der Waals surface area (Å²) in [5.41, 5.74) is 4.43. The van der Waals surface area contributed by atoms with Crippen LogP contribution >= 0.6 is 0 Å². The van der Waals surface area contributed by atoms with Crippen LogP contribution in [0.15, 0.2) is 23.3 Å². The maximum atomic E-state index is 13.0. The molecular formula is C19H24N6O. The normalized spacial score (nSPS) is 15.4. The summed E-state index contributed by atoms with van der Waals surface area (Å²) in [6.07, 6.45) is 4.49. The third-order valence-corrected chi connectivity index (χ3v) is 4.89. The standard InChI is InChI=1S/C19H24N6O/c1-12-20-8-13(9-21-12)10-24-6-5-15-14(11-24)18(26)25-17(22-15)7-16(23-25)19(2,3)4/h7-9,23H,5-6,10-11H2,1-4H3. The van der Waals surface area contributed by atoms with Crippen molar-refractivity contribution in [1.29, 1.82) is 0 Å². The summed E-state index contributed by atoms with van der Waals surface area (Å²) >= 11 is 0. The minimum atomic E-state index is -0.0574. The summed E-state index contributed by atoms with van der Waals surface area (Å²) in [6.45, 7) is 10.4. The van der Waals surface area contributed by atoms with Crippen molar-refractivity contribution in [1.82, 2.24) is 29.5 Å². The number of nitrogens with one attached hydrogen (secondary N) is 1. The molecule has 0 atom stereocenters. The molecule has 4 heterocycles. The maximum absolute atomic E-state index is 13.0. The van der Waals surface area contributed by atoms with Gasteiger partial charge in [0.25, 0.3) is 5.56 Å². The van der Waals surface area contributed by atoms with Crippen LogP contribution in [-0.2, 0) is 24.9 Å². The van der Waals surface area contributed by atoms with Crippen LogP contribution in [0.4, 0.5) is 0 Å². The first-order chi connectivity index (χ1) is 12.3. The predicted molar refractivity (Wildman–Crippen MR) is 99.1 cm³/mol. The molecule has 0 aromatic carbocycles. The number of nitrogens with zero attached hydrogens (tertiary/aromatic N) is 5. The summed E-state index contributed by atoms with van der Waals surface area (Å²) in [5, 5.41) is 3.23. The first-order valence-electron chi connectivity index (χ1n) is 8.95. The van der Waals surface area contributed by atoms with Crippen LogP contribution in [0.2, 0.25) is 0 Å². The number of aromatic nitrogens is 5. The van der Waals surface area contributed by atoms with Crippen molar-refractivity contribution >= 4 is 5.65 Å². The summed E-state index contributed by atoms with van der Waals surface area (Å²) in [4.78, 5) is 28.5. The third-order valence-electron chi connectivity index (χ3n) is 4.89. The van der Waals surface area contributed by atoms with Gasteiger partial charge in [0.15, 0.2) is 5.65 Å². The summed E-state index contributed by atoms with van der Waals surface area (Å²) in [6, 6.07) is 1.98. The number of aryl methyl sites for hydroxylation is 1. The predicted octanol–water partition coefficient (Wildman–Crippen LogP) is 1.98. The lowest BCUT2D eigenvalue weighted by Gasteiger charge is -2.27. The molecule has 3 aromatic rings. The van der Waals surface area contributed by atoms with Crippen molar-refractivity contribution < 1.29 is 0 Å². The molecule has 0 amide bonds. The Bertz CT molecular complexity index is 1010. The molecule has 1 aliphatic rings. The van der Waals surface area contributed by atoms with Crippen LogP contribution in [-0.4, -0.2) is 36.0 Å². The molecule has 0 spiro atoms. The number of hydrogen-bond acceptors (Lipinski definition) is 5. The highest BCUT2D eigenvalue weighted by molar-refractivity contribution is 5.43. The molecule has 7 heteroatoms. The molecule has 0 saturated heterocycles. The van der Waals surface area contributed by atoms with E-state index in [1.807, 2.05) is 25.4 Å². The lowest BCUT2D eigenvalue weighted by atomic mass is 9.93. The van der Waals surface area contributed by atoms with Crippen molar-refractivity contribution in [3.63, 3.8) is 0 Å².